The lowest BCUT2D eigenvalue weighted by Gasteiger charge is -2.11. The largest absolute Gasteiger partial charge is 0.493 e. The highest BCUT2D eigenvalue weighted by Crippen LogP contribution is 2.30. The Morgan fingerprint density at radius 3 is 2.33 bits per heavy atom. The molecule has 0 saturated heterocycles. The number of nitrogens with one attached hydrogen (secondary N) is 1. The van der Waals surface area contributed by atoms with Gasteiger partial charge in [0, 0.05) is 12.6 Å². The highest BCUT2D eigenvalue weighted by atomic mass is 19.1. The van der Waals surface area contributed by atoms with Crippen LogP contribution in [0.5, 0.6) is 17.2 Å². The second-order valence-corrected chi connectivity index (χ2v) is 7.02. The van der Waals surface area contributed by atoms with Gasteiger partial charge in [0.25, 0.3) is 11.5 Å². The van der Waals surface area contributed by atoms with E-state index in [1.807, 2.05) is 36.4 Å². The number of amides is 1. The third-order valence-electron chi connectivity index (χ3n) is 4.78. The Kier molecular flexibility index (Phi) is 6.45. The quantitative estimate of drug-likeness (QED) is 0.463. The lowest BCUT2D eigenvalue weighted by molar-refractivity contribution is 0.0944. The molecule has 1 amide bonds. The van der Waals surface area contributed by atoms with Crippen molar-refractivity contribution in [3.63, 3.8) is 0 Å². The van der Waals surface area contributed by atoms with Crippen LogP contribution in [-0.2, 0) is 6.54 Å². The molecule has 7 nitrogen and oxygen atoms in total. The van der Waals surface area contributed by atoms with E-state index in [0.717, 1.165) is 10.2 Å². The van der Waals surface area contributed by atoms with Gasteiger partial charge < -0.3 is 14.8 Å². The van der Waals surface area contributed by atoms with Gasteiger partial charge >= 0.3 is 0 Å². The number of halogens is 1. The number of hydrogen-bond donors (Lipinski definition) is 1. The Morgan fingerprint density at radius 2 is 1.64 bits per heavy atom. The molecule has 3 aromatic carbocycles. The van der Waals surface area contributed by atoms with Crippen molar-refractivity contribution in [1.82, 2.24) is 15.1 Å². The third kappa shape index (κ3) is 5.24. The van der Waals surface area contributed by atoms with Crippen molar-refractivity contribution < 1.29 is 18.7 Å². The maximum atomic E-state index is 13.2. The zero-order valence-corrected chi connectivity index (χ0v) is 17.7. The number of para-hydroxylation sites is 2. The molecule has 4 aromatic rings. The van der Waals surface area contributed by atoms with Crippen LogP contribution in [0, 0.1) is 5.82 Å². The minimum atomic E-state index is -0.444. The van der Waals surface area contributed by atoms with E-state index < -0.39 is 17.3 Å². The molecule has 33 heavy (non-hydrogen) atoms. The maximum Gasteiger partial charge on any atom is 0.272 e. The molecule has 0 saturated carbocycles. The van der Waals surface area contributed by atoms with Gasteiger partial charge in [-0.15, -0.1) is 0 Å². The first-order valence-electron chi connectivity index (χ1n) is 10.1. The second kappa shape index (κ2) is 9.78. The molecule has 0 bridgehead atoms. The highest BCUT2D eigenvalue weighted by molar-refractivity contribution is 5.92. The van der Waals surface area contributed by atoms with Crippen LogP contribution < -0.4 is 20.3 Å². The van der Waals surface area contributed by atoms with Crippen LogP contribution >= 0.6 is 0 Å². The summed E-state index contributed by atoms with van der Waals surface area (Å²) in [5.74, 6) is 0.981. The molecule has 0 unspecified atom stereocenters. The molecule has 166 valence electrons. The number of methoxy groups -OCH3 is 1. The predicted octanol–water partition coefficient (Wildman–Crippen LogP) is 4.10. The fourth-order valence-electron chi connectivity index (χ4n) is 3.08. The summed E-state index contributed by atoms with van der Waals surface area (Å²) < 4.78 is 25.3. The van der Waals surface area contributed by atoms with E-state index >= 15 is 0 Å². The fourth-order valence-corrected chi connectivity index (χ4v) is 3.08. The van der Waals surface area contributed by atoms with Crippen molar-refractivity contribution >= 4 is 5.91 Å². The zero-order chi connectivity index (χ0) is 23.2. The van der Waals surface area contributed by atoms with Gasteiger partial charge in [-0.25, -0.2) is 4.39 Å². The van der Waals surface area contributed by atoms with Gasteiger partial charge in [0.1, 0.15) is 17.3 Å². The van der Waals surface area contributed by atoms with Crippen LogP contribution in [0.1, 0.15) is 16.1 Å². The van der Waals surface area contributed by atoms with E-state index in [1.54, 1.807) is 19.2 Å². The summed E-state index contributed by atoms with van der Waals surface area (Å²) in [6.45, 7) is 0.255. The Balaban J connectivity index is 1.41. The number of benzene rings is 3. The molecular weight excluding hydrogens is 425 g/mol. The molecule has 0 aliphatic rings. The zero-order valence-electron chi connectivity index (χ0n) is 17.7. The van der Waals surface area contributed by atoms with E-state index in [9.17, 15) is 14.0 Å². The Bertz CT molecular complexity index is 1320. The summed E-state index contributed by atoms with van der Waals surface area (Å²) >= 11 is 0. The molecule has 0 aliphatic heterocycles. The van der Waals surface area contributed by atoms with E-state index in [0.29, 0.717) is 22.9 Å². The minimum absolute atomic E-state index is 0.0649. The molecule has 0 spiro atoms. The molecular formula is C25H20FN3O4. The summed E-state index contributed by atoms with van der Waals surface area (Å²) in [4.78, 5) is 24.7. The van der Waals surface area contributed by atoms with E-state index in [2.05, 4.69) is 10.4 Å². The van der Waals surface area contributed by atoms with Crippen LogP contribution in [0.15, 0.2) is 89.7 Å². The van der Waals surface area contributed by atoms with E-state index in [1.165, 1.54) is 36.4 Å². The van der Waals surface area contributed by atoms with Gasteiger partial charge in [-0.05, 0) is 60.2 Å². The van der Waals surface area contributed by atoms with Crippen LogP contribution in [0.4, 0.5) is 4.39 Å². The van der Waals surface area contributed by atoms with Crippen LogP contribution in [0.2, 0.25) is 0 Å². The molecule has 0 fully saturated rings. The van der Waals surface area contributed by atoms with Crippen molar-refractivity contribution in [2.45, 2.75) is 6.54 Å². The smallest absolute Gasteiger partial charge is 0.272 e. The first-order chi connectivity index (χ1) is 16.0. The average molecular weight is 445 g/mol. The predicted molar refractivity (Wildman–Crippen MR) is 120 cm³/mol. The highest BCUT2D eigenvalue weighted by Gasteiger charge is 2.11. The van der Waals surface area contributed by atoms with Crippen LogP contribution in [-0.4, -0.2) is 22.8 Å². The molecule has 0 aliphatic carbocycles. The summed E-state index contributed by atoms with van der Waals surface area (Å²) in [6, 6.07) is 22.5. The van der Waals surface area contributed by atoms with Crippen LogP contribution in [0.3, 0.4) is 0 Å². The maximum absolute atomic E-state index is 13.2. The number of hydrogen-bond acceptors (Lipinski definition) is 5. The number of aromatic nitrogens is 2. The Hall–Kier alpha value is -4.46. The van der Waals surface area contributed by atoms with Gasteiger partial charge in [0.05, 0.1) is 12.8 Å². The lowest BCUT2D eigenvalue weighted by atomic mass is 10.2. The van der Waals surface area contributed by atoms with Gasteiger partial charge in [-0.1, -0.05) is 24.3 Å². The molecule has 0 radical (unpaired) electrons. The van der Waals surface area contributed by atoms with Crippen molar-refractivity contribution in [1.29, 1.82) is 0 Å². The van der Waals surface area contributed by atoms with Gasteiger partial charge in [-0.2, -0.15) is 9.78 Å². The standard InChI is InChI=1S/C25H20FN3O4/c1-32-22-4-2-3-5-23(22)33-20-12-6-17(7-13-20)16-27-25(31)21-14-15-24(30)29(28-21)19-10-8-18(26)9-11-19/h2-15H,16H2,1H3,(H,27,31). The number of rotatable bonds is 7. The second-order valence-electron chi connectivity index (χ2n) is 7.02. The van der Waals surface area contributed by atoms with Crippen LogP contribution in [0.25, 0.3) is 5.69 Å². The van der Waals surface area contributed by atoms with Crippen molar-refractivity contribution in [3.8, 4) is 22.9 Å². The number of carbonyl (C=O) groups is 1. The summed E-state index contributed by atoms with van der Waals surface area (Å²) in [5.41, 5.74) is 0.850. The molecule has 4 rings (SSSR count). The molecule has 1 aromatic heterocycles. The topological polar surface area (TPSA) is 82.5 Å². The molecule has 0 atom stereocenters. The first-order valence-corrected chi connectivity index (χ1v) is 10.1. The third-order valence-corrected chi connectivity index (χ3v) is 4.78. The number of ether oxygens (including phenoxy) is 2. The van der Waals surface area contributed by atoms with E-state index in [4.69, 9.17) is 9.47 Å². The average Bonchev–Trinajstić information content (AvgIpc) is 2.84. The number of nitrogens with zero attached hydrogens (tertiary/aromatic N) is 2. The monoisotopic (exact) mass is 445 g/mol. The van der Waals surface area contributed by atoms with Gasteiger partial charge in [0.2, 0.25) is 0 Å². The van der Waals surface area contributed by atoms with Crippen molar-refractivity contribution in [2.75, 3.05) is 7.11 Å². The van der Waals surface area contributed by atoms with E-state index in [-0.39, 0.29) is 12.2 Å². The number of carbonyl (C=O) groups excluding carboxylic acids is 1. The first kappa shape index (κ1) is 21.8. The molecule has 1 heterocycles. The lowest BCUT2D eigenvalue weighted by Crippen LogP contribution is -2.28. The molecule has 1 N–H and O–H groups in total. The Labute approximate surface area is 189 Å². The van der Waals surface area contributed by atoms with Crippen molar-refractivity contribution in [2.24, 2.45) is 0 Å². The SMILES string of the molecule is COc1ccccc1Oc1ccc(CNC(=O)c2ccc(=O)n(-c3ccc(F)cc3)n2)cc1. The molecule has 8 heteroatoms. The normalized spacial score (nSPS) is 10.5. The van der Waals surface area contributed by atoms with Gasteiger partial charge in [-0.3, -0.25) is 9.59 Å². The summed E-state index contributed by atoms with van der Waals surface area (Å²) in [5, 5.41) is 6.87. The fraction of sp³-hybridized carbons (Fsp3) is 0.0800. The summed E-state index contributed by atoms with van der Waals surface area (Å²) in [7, 11) is 1.58. The summed E-state index contributed by atoms with van der Waals surface area (Å²) in [6.07, 6.45) is 0. The van der Waals surface area contributed by atoms with Crippen molar-refractivity contribution in [3.05, 3.63) is 112 Å². The van der Waals surface area contributed by atoms with Gasteiger partial charge in [0.15, 0.2) is 11.5 Å². The Morgan fingerprint density at radius 1 is 0.939 bits per heavy atom. The minimum Gasteiger partial charge on any atom is -0.493 e.